The van der Waals surface area contributed by atoms with Gasteiger partial charge in [-0.3, -0.25) is 10.2 Å². The van der Waals surface area contributed by atoms with Crippen molar-refractivity contribution in [2.24, 2.45) is 0 Å². The van der Waals surface area contributed by atoms with Crippen LogP contribution >= 0.6 is 0 Å². The van der Waals surface area contributed by atoms with Crippen LogP contribution in [0.25, 0.3) is 0 Å². The fourth-order valence-corrected chi connectivity index (χ4v) is 2.54. The van der Waals surface area contributed by atoms with Crippen LogP contribution in [0.2, 0.25) is 0 Å². The summed E-state index contributed by atoms with van der Waals surface area (Å²) in [6.07, 6.45) is 0. The smallest absolute Gasteiger partial charge is 0.272 e. The Kier molecular flexibility index (Phi) is 5.47. The summed E-state index contributed by atoms with van der Waals surface area (Å²) in [6.45, 7) is -0.466. The van der Waals surface area contributed by atoms with Gasteiger partial charge in [0.05, 0.1) is 16.5 Å². The third kappa shape index (κ3) is 4.77. The number of benzene rings is 2. The molecule has 0 saturated carbocycles. The molecule has 0 fully saturated rings. The van der Waals surface area contributed by atoms with E-state index < -0.39 is 28.4 Å². The number of nitriles is 1. The standard InChI is InChI=1S/C15H12FN3O4S/c16-12-4-6-13(7-5-12)23-10-15(20)18-19-24(21,22)14-3-1-2-11(8-14)9-17/h1-8,19H,10H2,(H,18,20). The number of nitrogens with one attached hydrogen (secondary N) is 2. The normalized spacial score (nSPS) is 10.7. The number of halogens is 1. The molecule has 0 heterocycles. The predicted octanol–water partition coefficient (Wildman–Crippen LogP) is 1.09. The van der Waals surface area contributed by atoms with Gasteiger partial charge in [-0.05, 0) is 42.5 Å². The molecule has 0 bridgehead atoms. The van der Waals surface area contributed by atoms with E-state index in [9.17, 15) is 17.6 Å². The summed E-state index contributed by atoms with van der Waals surface area (Å²) in [7, 11) is -4.01. The highest BCUT2D eigenvalue weighted by Crippen LogP contribution is 2.11. The second-order valence-corrected chi connectivity index (χ2v) is 6.22. The lowest BCUT2D eigenvalue weighted by atomic mass is 10.2. The summed E-state index contributed by atoms with van der Waals surface area (Å²) in [6, 6.07) is 12.1. The molecule has 2 rings (SSSR count). The van der Waals surface area contributed by atoms with E-state index in [-0.39, 0.29) is 16.2 Å². The average molecular weight is 349 g/mol. The van der Waals surface area contributed by atoms with E-state index >= 15 is 0 Å². The van der Waals surface area contributed by atoms with Crippen molar-refractivity contribution in [1.82, 2.24) is 10.3 Å². The lowest BCUT2D eigenvalue weighted by Gasteiger charge is -2.09. The van der Waals surface area contributed by atoms with Gasteiger partial charge in [0.1, 0.15) is 11.6 Å². The van der Waals surface area contributed by atoms with Crippen molar-refractivity contribution in [3.8, 4) is 11.8 Å². The maximum atomic E-state index is 12.7. The first-order valence-electron chi connectivity index (χ1n) is 6.60. The summed E-state index contributed by atoms with van der Waals surface area (Å²) in [4.78, 5) is 13.3. The number of hydrogen-bond acceptors (Lipinski definition) is 5. The molecule has 2 aromatic carbocycles. The van der Waals surface area contributed by atoms with Gasteiger partial charge in [-0.1, -0.05) is 6.07 Å². The van der Waals surface area contributed by atoms with Gasteiger partial charge < -0.3 is 4.74 Å². The zero-order chi connectivity index (χ0) is 17.6. The van der Waals surface area contributed by atoms with Crippen molar-refractivity contribution in [2.75, 3.05) is 6.61 Å². The first-order chi connectivity index (χ1) is 11.4. The van der Waals surface area contributed by atoms with Gasteiger partial charge in [-0.15, -0.1) is 4.83 Å². The topological polar surface area (TPSA) is 108 Å². The lowest BCUT2D eigenvalue weighted by Crippen LogP contribution is -2.43. The highest BCUT2D eigenvalue weighted by Gasteiger charge is 2.15. The molecule has 0 aliphatic rings. The second-order valence-electron chi connectivity index (χ2n) is 4.54. The van der Waals surface area contributed by atoms with E-state index in [0.29, 0.717) is 0 Å². The van der Waals surface area contributed by atoms with Crippen molar-refractivity contribution in [1.29, 1.82) is 5.26 Å². The molecule has 0 radical (unpaired) electrons. The summed E-state index contributed by atoms with van der Waals surface area (Å²) in [5.74, 6) is -0.936. The lowest BCUT2D eigenvalue weighted by molar-refractivity contribution is -0.123. The van der Waals surface area contributed by atoms with Gasteiger partial charge >= 0.3 is 0 Å². The Morgan fingerprint density at radius 2 is 1.92 bits per heavy atom. The highest BCUT2D eigenvalue weighted by atomic mass is 32.2. The quantitative estimate of drug-likeness (QED) is 0.759. The van der Waals surface area contributed by atoms with Crippen LogP contribution in [-0.4, -0.2) is 20.9 Å². The molecule has 0 atom stereocenters. The van der Waals surface area contributed by atoms with E-state index in [2.05, 4.69) is 0 Å². The Balaban J connectivity index is 1.90. The van der Waals surface area contributed by atoms with Crippen LogP contribution in [0.5, 0.6) is 5.75 Å². The van der Waals surface area contributed by atoms with Gasteiger partial charge in [0, 0.05) is 0 Å². The number of ether oxygens (including phenoxy) is 1. The molecule has 2 aromatic rings. The number of hydrazine groups is 1. The molecule has 0 aliphatic carbocycles. The van der Waals surface area contributed by atoms with Gasteiger partial charge in [0.15, 0.2) is 6.61 Å². The molecule has 24 heavy (non-hydrogen) atoms. The van der Waals surface area contributed by atoms with Gasteiger partial charge in [-0.2, -0.15) is 5.26 Å². The number of hydrogen-bond donors (Lipinski definition) is 2. The summed E-state index contributed by atoms with van der Waals surface area (Å²) in [5, 5.41) is 8.77. The van der Waals surface area contributed by atoms with Crippen molar-refractivity contribution in [3.05, 3.63) is 59.9 Å². The fourth-order valence-electron chi connectivity index (χ4n) is 1.63. The Morgan fingerprint density at radius 1 is 1.21 bits per heavy atom. The summed E-state index contributed by atoms with van der Waals surface area (Å²) >= 11 is 0. The monoisotopic (exact) mass is 349 g/mol. The molecular weight excluding hydrogens is 337 g/mol. The van der Waals surface area contributed by atoms with E-state index in [4.69, 9.17) is 10.00 Å². The van der Waals surface area contributed by atoms with E-state index in [1.807, 2.05) is 16.3 Å². The van der Waals surface area contributed by atoms with Crippen LogP contribution in [0.1, 0.15) is 5.56 Å². The largest absolute Gasteiger partial charge is 0.484 e. The van der Waals surface area contributed by atoms with Crippen molar-refractivity contribution in [3.63, 3.8) is 0 Å². The van der Waals surface area contributed by atoms with E-state index in [1.165, 1.54) is 36.4 Å². The molecule has 124 valence electrons. The minimum absolute atomic E-state index is 0.165. The molecule has 0 aromatic heterocycles. The van der Waals surface area contributed by atoms with Crippen LogP contribution < -0.4 is 15.0 Å². The number of sulfonamides is 1. The van der Waals surface area contributed by atoms with Crippen LogP contribution in [0, 0.1) is 17.1 Å². The first-order valence-corrected chi connectivity index (χ1v) is 8.08. The molecule has 0 spiro atoms. The number of carbonyl (C=O) groups excluding carboxylic acids is 1. The molecule has 1 amide bonds. The maximum Gasteiger partial charge on any atom is 0.272 e. The minimum atomic E-state index is -4.01. The van der Waals surface area contributed by atoms with E-state index in [0.717, 1.165) is 12.1 Å². The molecule has 0 aliphatic heterocycles. The Labute approximate surface area is 137 Å². The van der Waals surface area contributed by atoms with Gasteiger partial charge in [-0.25, -0.2) is 12.8 Å². The van der Waals surface area contributed by atoms with Gasteiger partial charge in [0.2, 0.25) is 0 Å². The Morgan fingerprint density at radius 3 is 2.58 bits per heavy atom. The highest BCUT2D eigenvalue weighted by molar-refractivity contribution is 7.89. The van der Waals surface area contributed by atoms with Crippen molar-refractivity contribution >= 4 is 15.9 Å². The van der Waals surface area contributed by atoms with Crippen LogP contribution in [0.4, 0.5) is 4.39 Å². The number of carbonyl (C=O) groups is 1. The second kappa shape index (κ2) is 7.54. The first kappa shape index (κ1) is 17.4. The van der Waals surface area contributed by atoms with Crippen LogP contribution in [0.3, 0.4) is 0 Å². The van der Waals surface area contributed by atoms with Crippen LogP contribution in [0.15, 0.2) is 53.4 Å². The number of nitrogens with zero attached hydrogens (tertiary/aromatic N) is 1. The predicted molar refractivity (Wildman–Crippen MR) is 81.5 cm³/mol. The number of rotatable bonds is 6. The molecule has 7 nitrogen and oxygen atoms in total. The molecule has 9 heteroatoms. The maximum absolute atomic E-state index is 12.7. The SMILES string of the molecule is N#Cc1cccc(S(=O)(=O)NNC(=O)COc2ccc(F)cc2)c1. The zero-order valence-electron chi connectivity index (χ0n) is 12.2. The van der Waals surface area contributed by atoms with Crippen LogP contribution in [-0.2, 0) is 14.8 Å². The zero-order valence-corrected chi connectivity index (χ0v) is 13.0. The fraction of sp³-hybridized carbons (Fsp3) is 0.0667. The number of amides is 1. The molecule has 0 saturated heterocycles. The third-order valence-electron chi connectivity index (χ3n) is 2.78. The molecule has 0 unspecified atom stereocenters. The minimum Gasteiger partial charge on any atom is -0.484 e. The third-order valence-corrected chi connectivity index (χ3v) is 4.03. The molecule has 2 N–H and O–H groups in total. The summed E-state index contributed by atoms with van der Waals surface area (Å²) < 4.78 is 41.8. The van der Waals surface area contributed by atoms with E-state index in [1.54, 1.807) is 0 Å². The van der Waals surface area contributed by atoms with Gasteiger partial charge in [0.25, 0.3) is 15.9 Å². The average Bonchev–Trinajstić information content (AvgIpc) is 2.59. The Hall–Kier alpha value is -2.96. The van der Waals surface area contributed by atoms with Crippen molar-refractivity contribution in [2.45, 2.75) is 4.90 Å². The molecular formula is C15H12FN3O4S. The Bertz CT molecular complexity index is 876. The van der Waals surface area contributed by atoms with Crippen molar-refractivity contribution < 1.29 is 22.3 Å². The summed E-state index contributed by atoms with van der Waals surface area (Å²) in [5.41, 5.74) is 2.15.